The number of hydrogen-bond acceptors (Lipinski definition) is 3. The molecule has 1 spiro atoms. The van der Waals surface area contributed by atoms with Gasteiger partial charge in [0, 0.05) is 30.3 Å². The molecule has 1 aliphatic carbocycles. The van der Waals surface area contributed by atoms with Crippen LogP contribution in [0.25, 0.3) is 0 Å². The van der Waals surface area contributed by atoms with Gasteiger partial charge in [0.05, 0.1) is 5.41 Å². The van der Waals surface area contributed by atoms with Gasteiger partial charge >= 0.3 is 0 Å². The summed E-state index contributed by atoms with van der Waals surface area (Å²) in [5.74, 6) is 0.231. The van der Waals surface area contributed by atoms with Crippen LogP contribution in [0.4, 0.5) is 10.2 Å². The number of hydrogen-bond donors (Lipinski definition) is 1. The molecule has 4 rings (SSSR count). The third-order valence-electron chi connectivity index (χ3n) is 5.68. The molecule has 1 aromatic heterocycles. The highest BCUT2D eigenvalue weighted by Gasteiger charge is 2.44. The molecule has 1 amide bonds. The lowest BCUT2D eigenvalue weighted by molar-refractivity contribution is -0.128. The average Bonchev–Trinajstić information content (AvgIpc) is 2.98. The second kappa shape index (κ2) is 8.47. The van der Waals surface area contributed by atoms with Gasteiger partial charge in [0.2, 0.25) is 5.91 Å². The second-order valence-corrected chi connectivity index (χ2v) is 8.27. The van der Waals surface area contributed by atoms with Gasteiger partial charge in [-0.3, -0.25) is 4.79 Å². The largest absolute Gasteiger partial charge is 0.356 e. The molecule has 2 saturated heterocycles. The molecule has 0 radical (unpaired) electrons. The number of carbonyl (C=O) groups is 1. The zero-order valence-electron chi connectivity index (χ0n) is 14.7. The van der Waals surface area contributed by atoms with Crippen LogP contribution in [0.15, 0.2) is 16.7 Å². The zero-order chi connectivity index (χ0) is 17.7. The number of aromatic nitrogens is 1. The Morgan fingerprint density at radius 1 is 1.08 bits per heavy atom. The fourth-order valence-electron chi connectivity index (χ4n) is 4.04. The van der Waals surface area contributed by atoms with Crippen LogP contribution in [0, 0.1) is 11.2 Å². The molecule has 25 heavy (non-hydrogen) atoms. The van der Waals surface area contributed by atoms with Gasteiger partial charge < -0.3 is 10.2 Å². The van der Waals surface area contributed by atoms with Crippen LogP contribution in [-0.2, 0) is 4.79 Å². The van der Waals surface area contributed by atoms with Crippen LogP contribution in [0.3, 0.4) is 0 Å². The number of rotatable bonds is 1. The first-order valence-electron chi connectivity index (χ1n) is 9.45. The van der Waals surface area contributed by atoms with Gasteiger partial charge in [-0.1, -0.05) is 38.5 Å². The molecule has 0 unspecified atom stereocenters. The normalized spacial score (nSPS) is 22.3. The molecule has 0 bridgehead atoms. The van der Waals surface area contributed by atoms with Gasteiger partial charge in [-0.05, 0) is 41.3 Å². The molecule has 3 aliphatic rings. The van der Waals surface area contributed by atoms with Crippen LogP contribution < -0.4 is 10.2 Å². The molecule has 1 N–H and O–H groups in total. The minimum absolute atomic E-state index is 0.163. The highest BCUT2D eigenvalue weighted by Crippen LogP contribution is 2.39. The molecule has 1 saturated carbocycles. The lowest BCUT2D eigenvalue weighted by atomic mass is 9.77. The summed E-state index contributed by atoms with van der Waals surface area (Å²) in [6.07, 6.45) is 13.0. The summed E-state index contributed by atoms with van der Waals surface area (Å²) in [4.78, 5) is 17.9. The van der Waals surface area contributed by atoms with E-state index in [1.54, 1.807) is 6.20 Å². The van der Waals surface area contributed by atoms with Crippen molar-refractivity contribution >= 4 is 27.7 Å². The maximum absolute atomic E-state index is 13.9. The van der Waals surface area contributed by atoms with E-state index in [-0.39, 0.29) is 17.1 Å². The molecule has 0 atom stereocenters. The van der Waals surface area contributed by atoms with Crippen molar-refractivity contribution in [3.63, 3.8) is 0 Å². The Morgan fingerprint density at radius 2 is 1.68 bits per heavy atom. The average molecular weight is 412 g/mol. The molecule has 4 nitrogen and oxygen atoms in total. The van der Waals surface area contributed by atoms with E-state index in [0.29, 0.717) is 23.4 Å². The van der Waals surface area contributed by atoms with Gasteiger partial charge in [0.1, 0.15) is 0 Å². The molecule has 6 heteroatoms. The number of pyridine rings is 1. The van der Waals surface area contributed by atoms with Gasteiger partial charge in [-0.2, -0.15) is 0 Å². The predicted octanol–water partition coefficient (Wildman–Crippen LogP) is 4.43. The highest BCUT2D eigenvalue weighted by atomic mass is 79.9. The topological polar surface area (TPSA) is 45.2 Å². The van der Waals surface area contributed by atoms with Crippen molar-refractivity contribution < 1.29 is 9.18 Å². The van der Waals surface area contributed by atoms with Gasteiger partial charge in [-0.15, -0.1) is 0 Å². The van der Waals surface area contributed by atoms with E-state index in [2.05, 4.69) is 26.2 Å². The fraction of sp³-hybridized carbons (Fsp3) is 0.684. The molecule has 2 aliphatic heterocycles. The predicted molar refractivity (Wildman–Crippen MR) is 101 cm³/mol. The lowest BCUT2D eigenvalue weighted by Crippen LogP contribution is -2.44. The van der Waals surface area contributed by atoms with Crippen molar-refractivity contribution in [2.75, 3.05) is 24.5 Å². The number of carbonyl (C=O) groups excluding carboxylic acids is 1. The van der Waals surface area contributed by atoms with Crippen molar-refractivity contribution in [2.45, 2.75) is 57.8 Å². The minimum atomic E-state index is -0.318. The zero-order valence-corrected chi connectivity index (χ0v) is 16.3. The van der Waals surface area contributed by atoms with Crippen LogP contribution in [-0.4, -0.2) is 30.5 Å². The van der Waals surface area contributed by atoms with Crippen molar-refractivity contribution in [3.8, 4) is 0 Å². The van der Waals surface area contributed by atoms with E-state index >= 15 is 0 Å². The Balaban J connectivity index is 0.000000258. The summed E-state index contributed by atoms with van der Waals surface area (Å²) >= 11 is 3.20. The quantitative estimate of drug-likeness (QED) is 0.742. The Kier molecular flexibility index (Phi) is 6.31. The van der Waals surface area contributed by atoms with E-state index in [1.165, 1.54) is 44.6 Å². The lowest BCUT2D eigenvalue weighted by Gasteiger charge is -2.37. The highest BCUT2D eigenvalue weighted by molar-refractivity contribution is 9.10. The summed E-state index contributed by atoms with van der Waals surface area (Å²) in [6, 6.07) is 1.43. The fourth-order valence-corrected chi connectivity index (χ4v) is 4.34. The molecule has 3 heterocycles. The van der Waals surface area contributed by atoms with E-state index in [0.717, 1.165) is 25.8 Å². The Bertz CT molecular complexity index is 587. The summed E-state index contributed by atoms with van der Waals surface area (Å²) in [6.45, 7) is 2.13. The molecular weight excluding hydrogens is 385 g/mol. The Labute approximate surface area is 157 Å². The third kappa shape index (κ3) is 4.52. The van der Waals surface area contributed by atoms with Gasteiger partial charge in [0.15, 0.2) is 11.6 Å². The molecule has 1 aromatic rings. The first kappa shape index (κ1) is 18.6. The third-order valence-corrected chi connectivity index (χ3v) is 6.11. The Morgan fingerprint density at radius 3 is 2.16 bits per heavy atom. The monoisotopic (exact) mass is 411 g/mol. The van der Waals surface area contributed by atoms with Crippen molar-refractivity contribution in [1.29, 1.82) is 0 Å². The van der Waals surface area contributed by atoms with Crippen LogP contribution in [0.1, 0.15) is 57.8 Å². The van der Waals surface area contributed by atoms with Crippen LogP contribution >= 0.6 is 15.9 Å². The maximum atomic E-state index is 13.9. The summed E-state index contributed by atoms with van der Waals surface area (Å²) in [5.41, 5.74) is -0.220. The van der Waals surface area contributed by atoms with Gasteiger partial charge in [0.25, 0.3) is 0 Å². The molecular formula is C19H27BrFN3O. The Hall–Kier alpha value is -1.17. The number of nitrogens with zero attached hydrogens (tertiary/aromatic N) is 2. The van der Waals surface area contributed by atoms with Crippen LogP contribution in [0.5, 0.6) is 0 Å². The smallest absolute Gasteiger partial charge is 0.226 e. The van der Waals surface area contributed by atoms with E-state index < -0.39 is 0 Å². The minimum Gasteiger partial charge on any atom is -0.356 e. The van der Waals surface area contributed by atoms with Crippen molar-refractivity contribution in [3.05, 3.63) is 22.6 Å². The van der Waals surface area contributed by atoms with E-state index in [9.17, 15) is 9.18 Å². The van der Waals surface area contributed by atoms with Crippen molar-refractivity contribution in [1.82, 2.24) is 10.3 Å². The van der Waals surface area contributed by atoms with Gasteiger partial charge in [-0.25, -0.2) is 9.37 Å². The number of nitrogens with one attached hydrogen (secondary N) is 1. The van der Waals surface area contributed by atoms with Crippen molar-refractivity contribution in [2.24, 2.45) is 5.41 Å². The maximum Gasteiger partial charge on any atom is 0.226 e. The SMILES string of the molecule is C1CCCCC1.O=C1NCCC12CCN(c1ncc(Br)cc1F)CC2. The van der Waals surface area contributed by atoms with E-state index in [1.807, 2.05) is 4.90 Å². The standard InChI is InChI=1S/C13H15BrFN3O.C6H12/c14-9-7-10(15)11(17-8-9)18-5-2-13(3-6-18)1-4-16-12(13)19;1-2-4-6-5-3-1/h7-8H,1-6H2,(H,16,19);1-6H2. The molecule has 0 aromatic carbocycles. The summed E-state index contributed by atoms with van der Waals surface area (Å²) in [7, 11) is 0. The second-order valence-electron chi connectivity index (χ2n) is 7.35. The summed E-state index contributed by atoms with van der Waals surface area (Å²) in [5, 5.41) is 2.90. The van der Waals surface area contributed by atoms with E-state index in [4.69, 9.17) is 0 Å². The number of piperidine rings is 1. The first-order chi connectivity index (χ1) is 12.1. The number of anilines is 1. The number of amides is 1. The molecule has 3 fully saturated rings. The summed E-state index contributed by atoms with van der Waals surface area (Å²) < 4.78 is 14.5. The molecule has 138 valence electrons. The van der Waals surface area contributed by atoms with Crippen LogP contribution in [0.2, 0.25) is 0 Å². The first-order valence-corrected chi connectivity index (χ1v) is 10.2. The number of halogens is 2.